The van der Waals surface area contributed by atoms with Gasteiger partial charge in [0.2, 0.25) is 0 Å². The van der Waals surface area contributed by atoms with E-state index < -0.39 is 0 Å². The van der Waals surface area contributed by atoms with Crippen molar-refractivity contribution in [3.05, 3.63) is 0 Å². The lowest BCUT2D eigenvalue weighted by Crippen LogP contribution is -2.36. The molecule has 1 aliphatic heterocycles. The standard InChI is InChI=1S/C5H9NOS/c7-4-1-5(8)3-6-2-4/h5-6,8H,1-3H2. The van der Waals surface area contributed by atoms with Gasteiger partial charge in [0, 0.05) is 18.2 Å². The normalized spacial score (nSPS) is 30.6. The number of rotatable bonds is 0. The summed E-state index contributed by atoms with van der Waals surface area (Å²) in [5.74, 6) is 0.274. The minimum Gasteiger partial charge on any atom is -0.309 e. The third-order valence-electron chi connectivity index (χ3n) is 1.17. The molecule has 0 bridgehead atoms. The van der Waals surface area contributed by atoms with Crippen LogP contribution < -0.4 is 5.32 Å². The summed E-state index contributed by atoms with van der Waals surface area (Å²) in [5, 5.41) is 3.20. The fourth-order valence-corrected chi connectivity index (χ4v) is 1.12. The highest BCUT2D eigenvalue weighted by atomic mass is 32.1. The van der Waals surface area contributed by atoms with Crippen molar-refractivity contribution in [1.29, 1.82) is 0 Å². The zero-order chi connectivity index (χ0) is 5.98. The Morgan fingerprint density at radius 1 is 1.75 bits per heavy atom. The molecule has 1 heterocycles. The van der Waals surface area contributed by atoms with Gasteiger partial charge in [-0.05, 0) is 0 Å². The Balaban J connectivity index is 2.34. The molecule has 0 aromatic carbocycles. The summed E-state index contributed by atoms with van der Waals surface area (Å²) < 4.78 is 0. The van der Waals surface area contributed by atoms with Gasteiger partial charge in [-0.3, -0.25) is 4.79 Å². The van der Waals surface area contributed by atoms with Gasteiger partial charge in [-0.2, -0.15) is 12.6 Å². The van der Waals surface area contributed by atoms with E-state index in [1.807, 2.05) is 0 Å². The molecule has 0 saturated carbocycles. The molecule has 0 aromatic heterocycles. The maximum Gasteiger partial charge on any atom is 0.147 e. The second-order valence-corrected chi connectivity index (χ2v) is 2.76. The van der Waals surface area contributed by atoms with Crippen LogP contribution in [-0.4, -0.2) is 24.1 Å². The van der Waals surface area contributed by atoms with Gasteiger partial charge >= 0.3 is 0 Å². The van der Waals surface area contributed by atoms with E-state index >= 15 is 0 Å². The van der Waals surface area contributed by atoms with Crippen molar-refractivity contribution in [2.45, 2.75) is 11.7 Å². The highest BCUT2D eigenvalue weighted by molar-refractivity contribution is 7.81. The summed E-state index contributed by atoms with van der Waals surface area (Å²) in [6, 6.07) is 0. The maximum absolute atomic E-state index is 10.6. The largest absolute Gasteiger partial charge is 0.309 e. The lowest BCUT2D eigenvalue weighted by Gasteiger charge is -2.15. The predicted octanol–water partition coefficient (Wildman–Crippen LogP) is -0.153. The minimum absolute atomic E-state index is 0.247. The van der Waals surface area contributed by atoms with Gasteiger partial charge < -0.3 is 5.32 Å². The van der Waals surface area contributed by atoms with Gasteiger partial charge in [0.1, 0.15) is 5.78 Å². The second-order valence-electron chi connectivity index (χ2n) is 2.03. The minimum atomic E-state index is 0.247. The maximum atomic E-state index is 10.6. The van der Waals surface area contributed by atoms with Crippen LogP contribution in [0.1, 0.15) is 6.42 Å². The van der Waals surface area contributed by atoms with Crippen LogP contribution in [0.2, 0.25) is 0 Å². The van der Waals surface area contributed by atoms with E-state index in [0.29, 0.717) is 13.0 Å². The molecule has 0 amide bonds. The van der Waals surface area contributed by atoms with Crippen LogP contribution in [0.25, 0.3) is 0 Å². The van der Waals surface area contributed by atoms with E-state index in [4.69, 9.17) is 0 Å². The van der Waals surface area contributed by atoms with Crippen molar-refractivity contribution in [2.24, 2.45) is 0 Å². The molecular formula is C5H9NOS. The van der Waals surface area contributed by atoms with Crippen LogP contribution in [0.15, 0.2) is 0 Å². The Morgan fingerprint density at radius 3 is 2.88 bits per heavy atom. The van der Waals surface area contributed by atoms with Gasteiger partial charge in [-0.1, -0.05) is 0 Å². The fourth-order valence-electron chi connectivity index (χ4n) is 0.785. The molecule has 1 aliphatic rings. The summed E-state index contributed by atoms with van der Waals surface area (Å²) in [6.45, 7) is 1.41. The SMILES string of the molecule is O=C1CNCC(S)C1. The van der Waals surface area contributed by atoms with Gasteiger partial charge in [-0.15, -0.1) is 0 Å². The first kappa shape index (κ1) is 6.11. The van der Waals surface area contributed by atoms with Crippen molar-refractivity contribution >= 4 is 18.4 Å². The Hall–Kier alpha value is -0.0200. The predicted molar refractivity (Wildman–Crippen MR) is 35.3 cm³/mol. The van der Waals surface area contributed by atoms with E-state index in [1.165, 1.54) is 0 Å². The highest BCUT2D eigenvalue weighted by Crippen LogP contribution is 2.03. The Kier molecular flexibility index (Phi) is 1.91. The van der Waals surface area contributed by atoms with E-state index in [9.17, 15) is 4.79 Å². The number of thiol groups is 1. The molecule has 1 fully saturated rings. The molecule has 1 N–H and O–H groups in total. The number of hydrogen-bond acceptors (Lipinski definition) is 3. The van der Waals surface area contributed by atoms with Crippen LogP contribution in [0.3, 0.4) is 0 Å². The summed E-state index contributed by atoms with van der Waals surface area (Å²) in [4.78, 5) is 10.6. The number of carbonyl (C=O) groups is 1. The molecule has 1 atom stereocenters. The third-order valence-corrected chi connectivity index (χ3v) is 1.53. The van der Waals surface area contributed by atoms with Crippen molar-refractivity contribution in [2.75, 3.05) is 13.1 Å². The lowest BCUT2D eigenvalue weighted by atomic mass is 10.1. The van der Waals surface area contributed by atoms with E-state index in [1.54, 1.807) is 0 Å². The van der Waals surface area contributed by atoms with Gasteiger partial charge in [0.25, 0.3) is 0 Å². The summed E-state index contributed by atoms with van der Waals surface area (Å²) >= 11 is 4.14. The first-order valence-electron chi connectivity index (χ1n) is 2.69. The highest BCUT2D eigenvalue weighted by Gasteiger charge is 2.14. The number of Topliss-reactive ketones (excluding diaryl/α,β-unsaturated/α-hetero) is 1. The van der Waals surface area contributed by atoms with E-state index in [0.717, 1.165) is 6.54 Å². The molecule has 0 aliphatic carbocycles. The zero-order valence-electron chi connectivity index (χ0n) is 4.55. The number of piperidine rings is 1. The van der Waals surface area contributed by atoms with Crippen molar-refractivity contribution in [1.82, 2.24) is 5.32 Å². The van der Waals surface area contributed by atoms with Crippen LogP contribution in [0.5, 0.6) is 0 Å². The summed E-state index contributed by atoms with van der Waals surface area (Å²) in [6.07, 6.45) is 0.635. The molecular weight excluding hydrogens is 122 g/mol. The first-order valence-corrected chi connectivity index (χ1v) is 3.21. The average Bonchev–Trinajstić information content (AvgIpc) is 1.64. The molecule has 0 spiro atoms. The van der Waals surface area contributed by atoms with E-state index in [-0.39, 0.29) is 11.0 Å². The smallest absolute Gasteiger partial charge is 0.147 e. The Labute approximate surface area is 54.1 Å². The number of nitrogens with one attached hydrogen (secondary N) is 1. The zero-order valence-corrected chi connectivity index (χ0v) is 5.45. The fraction of sp³-hybridized carbons (Fsp3) is 0.800. The van der Waals surface area contributed by atoms with Crippen LogP contribution in [-0.2, 0) is 4.79 Å². The topological polar surface area (TPSA) is 29.1 Å². The van der Waals surface area contributed by atoms with E-state index in [2.05, 4.69) is 17.9 Å². The molecule has 2 nitrogen and oxygen atoms in total. The summed E-state index contributed by atoms with van der Waals surface area (Å²) in [5.41, 5.74) is 0. The van der Waals surface area contributed by atoms with Crippen LogP contribution in [0, 0.1) is 0 Å². The molecule has 3 heteroatoms. The van der Waals surface area contributed by atoms with Crippen molar-refractivity contribution in [3.8, 4) is 0 Å². The monoisotopic (exact) mass is 131 g/mol. The van der Waals surface area contributed by atoms with Crippen LogP contribution >= 0.6 is 12.6 Å². The molecule has 1 rings (SSSR count). The van der Waals surface area contributed by atoms with Crippen molar-refractivity contribution in [3.63, 3.8) is 0 Å². The third kappa shape index (κ3) is 1.49. The lowest BCUT2D eigenvalue weighted by molar-refractivity contribution is -0.119. The molecule has 46 valence electrons. The Morgan fingerprint density at radius 2 is 2.50 bits per heavy atom. The number of hydrogen-bond donors (Lipinski definition) is 2. The number of ketones is 1. The Bertz CT molecular complexity index is 105. The molecule has 8 heavy (non-hydrogen) atoms. The molecule has 1 saturated heterocycles. The quantitative estimate of drug-likeness (QED) is 0.448. The van der Waals surface area contributed by atoms with Gasteiger partial charge in [-0.25, -0.2) is 0 Å². The van der Waals surface area contributed by atoms with Gasteiger partial charge in [0.15, 0.2) is 0 Å². The number of carbonyl (C=O) groups excluding carboxylic acids is 1. The summed E-state index contributed by atoms with van der Waals surface area (Å²) in [7, 11) is 0. The molecule has 1 unspecified atom stereocenters. The van der Waals surface area contributed by atoms with Gasteiger partial charge in [0.05, 0.1) is 6.54 Å². The molecule has 0 radical (unpaired) electrons. The van der Waals surface area contributed by atoms with Crippen molar-refractivity contribution < 1.29 is 4.79 Å². The molecule has 0 aromatic rings. The second kappa shape index (κ2) is 2.51. The average molecular weight is 131 g/mol. The van der Waals surface area contributed by atoms with Crippen LogP contribution in [0.4, 0.5) is 0 Å². The first-order chi connectivity index (χ1) is 3.79.